The van der Waals surface area contributed by atoms with Crippen LogP contribution in [0.3, 0.4) is 0 Å². The molecular formula is C16H16N2O2S2. The van der Waals surface area contributed by atoms with Crippen LogP contribution in [0.25, 0.3) is 20.8 Å². The number of benzene rings is 1. The molecule has 22 heavy (non-hydrogen) atoms. The highest BCUT2D eigenvalue weighted by Crippen LogP contribution is 2.50. The number of anilines is 1. The largest absolute Gasteiger partial charge is 0.492 e. The molecule has 1 aliphatic heterocycles. The van der Waals surface area contributed by atoms with Crippen molar-refractivity contribution in [3.05, 3.63) is 29.1 Å². The van der Waals surface area contributed by atoms with Gasteiger partial charge in [0.25, 0.3) is 0 Å². The second kappa shape index (κ2) is 5.53. The number of thiazole rings is 1. The van der Waals surface area contributed by atoms with E-state index in [0.29, 0.717) is 0 Å². The summed E-state index contributed by atoms with van der Waals surface area (Å²) in [5, 5.41) is 14.7. The van der Waals surface area contributed by atoms with Gasteiger partial charge in [-0.1, -0.05) is 12.1 Å². The van der Waals surface area contributed by atoms with Crippen molar-refractivity contribution < 1.29 is 9.84 Å². The molecule has 2 aromatic heterocycles. The van der Waals surface area contributed by atoms with Gasteiger partial charge in [-0.15, -0.1) is 22.7 Å². The second-order valence-electron chi connectivity index (χ2n) is 5.32. The number of nitrogens with one attached hydrogen (secondary N) is 1. The molecule has 114 valence electrons. The van der Waals surface area contributed by atoms with Crippen molar-refractivity contribution in [2.75, 3.05) is 11.9 Å². The van der Waals surface area contributed by atoms with Crippen LogP contribution in [-0.2, 0) is 6.42 Å². The third kappa shape index (κ3) is 2.37. The number of nitrogens with zero attached hydrogens (tertiary/aromatic N) is 1. The normalized spacial score (nSPS) is 15.4. The molecule has 0 spiro atoms. The van der Waals surface area contributed by atoms with E-state index < -0.39 is 6.23 Å². The van der Waals surface area contributed by atoms with Crippen LogP contribution in [-0.4, -0.2) is 22.9 Å². The minimum Gasteiger partial charge on any atom is -0.492 e. The second-order valence-corrected chi connectivity index (χ2v) is 7.45. The maximum absolute atomic E-state index is 9.72. The van der Waals surface area contributed by atoms with E-state index in [2.05, 4.69) is 11.4 Å². The average molecular weight is 332 g/mol. The number of para-hydroxylation sites is 1. The Bertz CT molecular complexity index is 790. The van der Waals surface area contributed by atoms with Gasteiger partial charge in [0.15, 0.2) is 0 Å². The third-order valence-electron chi connectivity index (χ3n) is 3.57. The monoisotopic (exact) mass is 332 g/mol. The number of rotatable bonds is 3. The van der Waals surface area contributed by atoms with Crippen LogP contribution in [0.1, 0.15) is 18.2 Å². The summed E-state index contributed by atoms with van der Waals surface area (Å²) in [7, 11) is 0. The number of aliphatic hydroxyl groups excluding tert-OH is 1. The molecule has 0 fully saturated rings. The first kappa shape index (κ1) is 14.0. The van der Waals surface area contributed by atoms with Gasteiger partial charge in [-0.25, -0.2) is 4.98 Å². The van der Waals surface area contributed by atoms with Gasteiger partial charge in [-0.3, -0.25) is 0 Å². The smallest absolute Gasteiger partial charge is 0.145 e. The summed E-state index contributed by atoms with van der Waals surface area (Å²) in [5.74, 6) is 0.943. The molecule has 6 heteroatoms. The number of thiophene rings is 1. The van der Waals surface area contributed by atoms with Gasteiger partial charge in [0.1, 0.15) is 22.0 Å². The molecule has 0 saturated heterocycles. The van der Waals surface area contributed by atoms with Crippen molar-refractivity contribution in [1.29, 1.82) is 0 Å². The Kier molecular flexibility index (Phi) is 3.52. The van der Waals surface area contributed by atoms with Crippen molar-refractivity contribution in [2.24, 2.45) is 0 Å². The van der Waals surface area contributed by atoms with E-state index in [9.17, 15) is 5.11 Å². The maximum Gasteiger partial charge on any atom is 0.145 e. The molecular weight excluding hydrogens is 316 g/mol. The van der Waals surface area contributed by atoms with E-state index in [1.54, 1.807) is 29.6 Å². The molecule has 0 saturated carbocycles. The van der Waals surface area contributed by atoms with Gasteiger partial charge >= 0.3 is 0 Å². The highest BCUT2D eigenvalue weighted by atomic mass is 32.1. The molecule has 0 radical (unpaired) electrons. The number of hydrogen-bond acceptors (Lipinski definition) is 6. The molecule has 1 atom stereocenters. The van der Waals surface area contributed by atoms with E-state index in [1.807, 2.05) is 18.2 Å². The molecule has 2 N–H and O–H groups in total. The SMILES string of the molecule is CC(O)Nc1sc2c(c1-c1nc3ccccc3s1)OCCC2. The number of ether oxygens (including phenoxy) is 1. The standard InChI is InChI=1S/C16H16N2O2S2/c1-9(19)17-15-13(14-12(22-15)7-4-8-20-14)16-18-10-5-2-3-6-11(10)21-16/h2-3,5-6,9,17,19H,4,7-8H2,1H3. The van der Waals surface area contributed by atoms with Crippen LogP contribution in [0, 0.1) is 0 Å². The lowest BCUT2D eigenvalue weighted by atomic mass is 10.1. The Hall–Kier alpha value is -1.63. The number of aryl methyl sites for hydroxylation is 1. The molecule has 3 aromatic rings. The summed E-state index contributed by atoms with van der Waals surface area (Å²) in [4.78, 5) is 5.99. The van der Waals surface area contributed by atoms with Gasteiger partial charge in [-0.05, 0) is 31.9 Å². The first-order chi connectivity index (χ1) is 10.7. The number of fused-ring (bicyclic) bond motifs is 2. The van der Waals surface area contributed by atoms with Crippen molar-refractivity contribution in [1.82, 2.24) is 4.98 Å². The minimum absolute atomic E-state index is 0.603. The Balaban J connectivity index is 1.89. The zero-order valence-electron chi connectivity index (χ0n) is 12.1. The van der Waals surface area contributed by atoms with Crippen molar-refractivity contribution in [3.63, 3.8) is 0 Å². The predicted molar refractivity (Wildman–Crippen MR) is 92.1 cm³/mol. The third-order valence-corrected chi connectivity index (χ3v) is 5.79. The van der Waals surface area contributed by atoms with E-state index >= 15 is 0 Å². The van der Waals surface area contributed by atoms with Crippen molar-refractivity contribution >= 4 is 37.9 Å². The lowest BCUT2D eigenvalue weighted by Crippen LogP contribution is -2.12. The van der Waals surface area contributed by atoms with Crippen LogP contribution < -0.4 is 10.1 Å². The van der Waals surface area contributed by atoms with Gasteiger partial charge in [0.2, 0.25) is 0 Å². The highest BCUT2D eigenvalue weighted by molar-refractivity contribution is 7.23. The minimum atomic E-state index is -0.603. The predicted octanol–water partition coefficient (Wildman–Crippen LogP) is 4.10. The first-order valence-corrected chi connectivity index (χ1v) is 8.94. The zero-order valence-corrected chi connectivity index (χ0v) is 13.8. The van der Waals surface area contributed by atoms with Gasteiger partial charge in [0, 0.05) is 4.88 Å². The molecule has 1 aliphatic rings. The Labute approximate surface area is 136 Å². The number of aliphatic hydroxyl groups is 1. The molecule has 0 amide bonds. The van der Waals surface area contributed by atoms with E-state index in [1.165, 1.54) is 4.88 Å². The quantitative estimate of drug-likeness (QED) is 0.709. The van der Waals surface area contributed by atoms with Crippen LogP contribution in [0.15, 0.2) is 24.3 Å². The molecule has 1 unspecified atom stereocenters. The Morgan fingerprint density at radius 1 is 1.32 bits per heavy atom. The zero-order chi connectivity index (χ0) is 15.1. The fraction of sp³-hybridized carbons (Fsp3) is 0.312. The average Bonchev–Trinajstić information content (AvgIpc) is 3.06. The van der Waals surface area contributed by atoms with Gasteiger partial charge in [-0.2, -0.15) is 0 Å². The van der Waals surface area contributed by atoms with Crippen molar-refractivity contribution in [2.45, 2.75) is 26.0 Å². The number of hydrogen-bond donors (Lipinski definition) is 2. The van der Waals surface area contributed by atoms with Crippen molar-refractivity contribution in [3.8, 4) is 16.3 Å². The Morgan fingerprint density at radius 3 is 3.00 bits per heavy atom. The summed E-state index contributed by atoms with van der Waals surface area (Å²) in [5.41, 5.74) is 2.00. The molecule has 1 aromatic carbocycles. The molecule has 0 bridgehead atoms. The summed E-state index contributed by atoms with van der Waals surface area (Å²) in [6.07, 6.45) is 1.47. The molecule has 3 heterocycles. The highest BCUT2D eigenvalue weighted by Gasteiger charge is 2.26. The topological polar surface area (TPSA) is 54.4 Å². The molecule has 4 nitrogen and oxygen atoms in total. The number of aromatic nitrogens is 1. The van der Waals surface area contributed by atoms with Crippen LogP contribution in [0.2, 0.25) is 0 Å². The fourth-order valence-electron chi connectivity index (χ4n) is 2.65. The van der Waals surface area contributed by atoms with Gasteiger partial charge in [0.05, 0.1) is 22.4 Å². The Morgan fingerprint density at radius 2 is 2.18 bits per heavy atom. The molecule has 4 rings (SSSR count). The first-order valence-electron chi connectivity index (χ1n) is 7.31. The van der Waals surface area contributed by atoms with Crippen LogP contribution in [0.5, 0.6) is 5.75 Å². The summed E-state index contributed by atoms with van der Waals surface area (Å²) in [6.45, 7) is 2.47. The molecule has 0 aliphatic carbocycles. The maximum atomic E-state index is 9.72. The lowest BCUT2D eigenvalue weighted by Gasteiger charge is -2.14. The van der Waals surface area contributed by atoms with E-state index in [0.717, 1.165) is 51.0 Å². The summed E-state index contributed by atoms with van der Waals surface area (Å²) < 4.78 is 7.09. The van der Waals surface area contributed by atoms with Crippen LogP contribution in [0.4, 0.5) is 5.00 Å². The summed E-state index contributed by atoms with van der Waals surface area (Å²) >= 11 is 3.33. The fourth-order valence-corrected chi connectivity index (χ4v) is 5.00. The van der Waals surface area contributed by atoms with Crippen LogP contribution >= 0.6 is 22.7 Å². The lowest BCUT2D eigenvalue weighted by molar-refractivity contribution is 0.225. The summed E-state index contributed by atoms with van der Waals surface area (Å²) in [6, 6.07) is 8.13. The van der Waals surface area contributed by atoms with E-state index in [4.69, 9.17) is 9.72 Å². The van der Waals surface area contributed by atoms with E-state index in [-0.39, 0.29) is 0 Å². The van der Waals surface area contributed by atoms with Gasteiger partial charge < -0.3 is 15.2 Å².